The van der Waals surface area contributed by atoms with Crippen LogP contribution >= 0.6 is 0 Å². The molecule has 0 aliphatic heterocycles. The predicted octanol–water partition coefficient (Wildman–Crippen LogP) is 3.47. The topological polar surface area (TPSA) is 29.3 Å². The van der Waals surface area contributed by atoms with Crippen LogP contribution in [0, 0.1) is 5.82 Å². The molecular formula is C14H23FN2. The van der Waals surface area contributed by atoms with E-state index in [1.165, 1.54) is 0 Å². The third-order valence-corrected chi connectivity index (χ3v) is 3.00. The largest absolute Gasteiger partial charge is 0.369 e. The third-order valence-electron chi connectivity index (χ3n) is 3.00. The minimum absolute atomic E-state index is 0.121. The number of hydrogen-bond acceptors (Lipinski definition) is 2. The van der Waals surface area contributed by atoms with Crippen molar-refractivity contribution in [3.63, 3.8) is 0 Å². The number of anilines is 1. The van der Waals surface area contributed by atoms with Crippen LogP contribution in [0.4, 0.5) is 10.1 Å². The monoisotopic (exact) mass is 238 g/mol. The average Bonchev–Trinajstić information content (AvgIpc) is 2.31. The van der Waals surface area contributed by atoms with Crippen molar-refractivity contribution >= 4 is 5.69 Å². The zero-order valence-electron chi connectivity index (χ0n) is 11.0. The van der Waals surface area contributed by atoms with E-state index in [-0.39, 0.29) is 11.9 Å². The highest BCUT2D eigenvalue weighted by molar-refractivity contribution is 5.49. The molecule has 0 saturated heterocycles. The first-order valence-electron chi connectivity index (χ1n) is 6.40. The molecule has 0 saturated carbocycles. The number of benzene rings is 1. The molecule has 0 aliphatic carbocycles. The molecule has 1 aromatic rings. The number of rotatable bonds is 6. The molecule has 3 heteroatoms. The summed E-state index contributed by atoms with van der Waals surface area (Å²) in [6, 6.07) is 5.18. The Bertz CT molecular complexity index is 350. The van der Waals surface area contributed by atoms with Crippen LogP contribution in [0.15, 0.2) is 18.2 Å². The van der Waals surface area contributed by atoms with Gasteiger partial charge in [-0.05, 0) is 38.0 Å². The lowest BCUT2D eigenvalue weighted by atomic mass is 10.1. The minimum Gasteiger partial charge on any atom is -0.369 e. The Kier molecular flexibility index (Phi) is 5.42. The van der Waals surface area contributed by atoms with Crippen molar-refractivity contribution in [2.45, 2.75) is 39.7 Å². The summed E-state index contributed by atoms with van der Waals surface area (Å²) in [7, 11) is 0. The highest BCUT2D eigenvalue weighted by Crippen LogP contribution is 2.23. The predicted molar refractivity (Wildman–Crippen MR) is 71.8 cm³/mol. The second-order valence-electron chi connectivity index (χ2n) is 4.43. The van der Waals surface area contributed by atoms with Gasteiger partial charge in [0, 0.05) is 19.1 Å². The van der Waals surface area contributed by atoms with E-state index < -0.39 is 0 Å². The summed E-state index contributed by atoms with van der Waals surface area (Å²) in [6.45, 7) is 7.79. The highest BCUT2D eigenvalue weighted by atomic mass is 19.1. The first kappa shape index (κ1) is 14.0. The minimum atomic E-state index is -0.169. The maximum absolute atomic E-state index is 14.0. The van der Waals surface area contributed by atoms with Crippen LogP contribution in [0.2, 0.25) is 0 Å². The van der Waals surface area contributed by atoms with E-state index in [2.05, 4.69) is 18.7 Å². The number of unbranched alkanes of at least 4 members (excludes halogenated alkanes) is 1. The molecule has 0 bridgehead atoms. The van der Waals surface area contributed by atoms with Crippen molar-refractivity contribution < 1.29 is 4.39 Å². The third kappa shape index (κ3) is 3.70. The van der Waals surface area contributed by atoms with Crippen molar-refractivity contribution in [3.05, 3.63) is 29.6 Å². The van der Waals surface area contributed by atoms with Gasteiger partial charge in [0.25, 0.3) is 0 Å². The maximum atomic E-state index is 14.0. The van der Waals surface area contributed by atoms with Crippen LogP contribution in [-0.2, 0) is 0 Å². The first-order valence-corrected chi connectivity index (χ1v) is 6.40. The van der Waals surface area contributed by atoms with Gasteiger partial charge in [0.1, 0.15) is 5.82 Å². The van der Waals surface area contributed by atoms with Crippen molar-refractivity contribution in [2.75, 3.05) is 18.0 Å². The Hall–Kier alpha value is -1.09. The van der Waals surface area contributed by atoms with E-state index in [0.29, 0.717) is 5.69 Å². The summed E-state index contributed by atoms with van der Waals surface area (Å²) in [6.07, 6.45) is 2.21. The smallest absolute Gasteiger partial charge is 0.146 e. The molecule has 0 radical (unpaired) electrons. The van der Waals surface area contributed by atoms with E-state index in [4.69, 9.17) is 5.73 Å². The zero-order valence-corrected chi connectivity index (χ0v) is 11.0. The normalized spacial score (nSPS) is 12.5. The summed E-state index contributed by atoms with van der Waals surface area (Å²) in [4.78, 5) is 2.07. The fourth-order valence-electron chi connectivity index (χ4n) is 1.86. The lowest BCUT2D eigenvalue weighted by Crippen LogP contribution is -2.25. The molecule has 0 spiro atoms. The van der Waals surface area contributed by atoms with Crippen LogP contribution in [0.5, 0.6) is 0 Å². The molecule has 1 unspecified atom stereocenters. The molecule has 2 N–H and O–H groups in total. The summed E-state index contributed by atoms with van der Waals surface area (Å²) in [5, 5.41) is 0. The van der Waals surface area contributed by atoms with E-state index in [1.54, 1.807) is 6.07 Å². The molecule has 0 amide bonds. The van der Waals surface area contributed by atoms with E-state index in [9.17, 15) is 4.39 Å². The SMILES string of the molecule is CCCCN(CC)c1ccc(C(C)N)cc1F. The molecule has 0 heterocycles. The number of hydrogen-bond donors (Lipinski definition) is 1. The molecular weight excluding hydrogens is 215 g/mol. The molecule has 1 rings (SSSR count). The van der Waals surface area contributed by atoms with Gasteiger partial charge in [-0.15, -0.1) is 0 Å². The number of nitrogens with two attached hydrogens (primary N) is 1. The second kappa shape index (κ2) is 6.60. The van der Waals surface area contributed by atoms with Gasteiger partial charge in [-0.25, -0.2) is 4.39 Å². The number of nitrogens with zero attached hydrogens (tertiary/aromatic N) is 1. The Balaban J connectivity index is 2.88. The van der Waals surface area contributed by atoms with Gasteiger partial charge in [0.15, 0.2) is 0 Å². The molecule has 17 heavy (non-hydrogen) atoms. The first-order chi connectivity index (χ1) is 8.10. The van der Waals surface area contributed by atoms with Crippen molar-refractivity contribution in [3.8, 4) is 0 Å². The fraction of sp³-hybridized carbons (Fsp3) is 0.571. The lowest BCUT2D eigenvalue weighted by Gasteiger charge is -2.24. The highest BCUT2D eigenvalue weighted by Gasteiger charge is 2.11. The molecule has 1 atom stereocenters. The van der Waals surface area contributed by atoms with E-state index in [1.807, 2.05) is 19.1 Å². The van der Waals surface area contributed by atoms with Gasteiger partial charge in [-0.3, -0.25) is 0 Å². The summed E-state index contributed by atoms with van der Waals surface area (Å²) in [5.74, 6) is -0.169. The molecule has 0 fully saturated rings. The van der Waals surface area contributed by atoms with Gasteiger partial charge < -0.3 is 10.6 Å². The molecule has 2 nitrogen and oxygen atoms in total. The Morgan fingerprint density at radius 3 is 2.53 bits per heavy atom. The van der Waals surface area contributed by atoms with Crippen LogP contribution < -0.4 is 10.6 Å². The zero-order chi connectivity index (χ0) is 12.8. The van der Waals surface area contributed by atoms with Crippen molar-refractivity contribution in [2.24, 2.45) is 5.73 Å². The Labute approximate surface area is 104 Å². The summed E-state index contributed by atoms with van der Waals surface area (Å²) >= 11 is 0. The van der Waals surface area contributed by atoms with E-state index in [0.717, 1.165) is 31.5 Å². The standard InChI is InChI=1S/C14H23FN2/c1-4-6-9-17(5-2)14-8-7-12(11(3)16)10-13(14)15/h7-8,10-11H,4-6,9,16H2,1-3H3. The van der Waals surface area contributed by atoms with Gasteiger partial charge in [-0.2, -0.15) is 0 Å². The van der Waals surface area contributed by atoms with Gasteiger partial charge in [0.2, 0.25) is 0 Å². The van der Waals surface area contributed by atoms with Gasteiger partial charge in [0.05, 0.1) is 5.69 Å². The van der Waals surface area contributed by atoms with Crippen LogP contribution in [0.1, 0.15) is 45.2 Å². The number of halogens is 1. The summed E-state index contributed by atoms with van der Waals surface area (Å²) in [5.41, 5.74) is 7.27. The van der Waals surface area contributed by atoms with Gasteiger partial charge in [-0.1, -0.05) is 19.4 Å². The van der Waals surface area contributed by atoms with Crippen molar-refractivity contribution in [1.29, 1.82) is 0 Å². The van der Waals surface area contributed by atoms with E-state index >= 15 is 0 Å². The lowest BCUT2D eigenvalue weighted by molar-refractivity contribution is 0.609. The quantitative estimate of drug-likeness (QED) is 0.822. The Morgan fingerprint density at radius 1 is 1.35 bits per heavy atom. The Morgan fingerprint density at radius 2 is 2.06 bits per heavy atom. The summed E-state index contributed by atoms with van der Waals surface area (Å²) < 4.78 is 14.0. The second-order valence-corrected chi connectivity index (χ2v) is 4.43. The molecule has 0 aliphatic rings. The van der Waals surface area contributed by atoms with Crippen LogP contribution in [0.3, 0.4) is 0 Å². The molecule has 1 aromatic carbocycles. The average molecular weight is 238 g/mol. The van der Waals surface area contributed by atoms with Crippen molar-refractivity contribution in [1.82, 2.24) is 0 Å². The van der Waals surface area contributed by atoms with Crippen LogP contribution in [0.25, 0.3) is 0 Å². The molecule has 0 aromatic heterocycles. The van der Waals surface area contributed by atoms with Gasteiger partial charge >= 0.3 is 0 Å². The van der Waals surface area contributed by atoms with Crippen LogP contribution in [-0.4, -0.2) is 13.1 Å². The fourth-order valence-corrected chi connectivity index (χ4v) is 1.86. The molecule has 96 valence electrons. The maximum Gasteiger partial charge on any atom is 0.146 e.